The standard InChI is InChI=1S/C44H38ClFN2O8/c1-44-32(41(51)48(43(44)53)26-14-18-34(46)33(45)21-26)22-31-28(38(44)30-6-5-7-36(56-4)39(30)49)16-17-29-37(31)42(52)47(40(29)50)25-12-9-23(10-13-25)8-11-24-20-27(54-2)15-19-35(24)55-3/h5-16,18-21,29,31-32,37-38,49H,17,22H2,1-4H3/t29-,31+,32-,37-,38+,44+/m0/s1. The van der Waals surface area contributed by atoms with E-state index in [0.29, 0.717) is 28.3 Å². The van der Waals surface area contributed by atoms with Gasteiger partial charge in [-0.3, -0.25) is 24.1 Å². The van der Waals surface area contributed by atoms with Gasteiger partial charge in [-0.25, -0.2) is 9.29 Å². The molecule has 4 aliphatic rings. The second-order valence-electron chi connectivity index (χ2n) is 14.7. The lowest BCUT2D eigenvalue weighted by molar-refractivity contribution is -0.131. The number of anilines is 2. The monoisotopic (exact) mass is 776 g/mol. The van der Waals surface area contributed by atoms with E-state index in [-0.39, 0.29) is 41.0 Å². The minimum absolute atomic E-state index is 0.102. The van der Waals surface area contributed by atoms with Crippen LogP contribution in [0.1, 0.15) is 42.4 Å². The van der Waals surface area contributed by atoms with Crippen molar-refractivity contribution in [3.8, 4) is 23.0 Å². The highest BCUT2D eigenvalue weighted by Gasteiger charge is 2.68. The second-order valence-corrected chi connectivity index (χ2v) is 15.1. The van der Waals surface area contributed by atoms with Crippen LogP contribution in [-0.2, 0) is 19.2 Å². The molecule has 4 amide bonds. The van der Waals surface area contributed by atoms with Gasteiger partial charge in [0.2, 0.25) is 23.6 Å². The number of hydrogen-bond acceptors (Lipinski definition) is 8. The van der Waals surface area contributed by atoms with Gasteiger partial charge >= 0.3 is 0 Å². The summed E-state index contributed by atoms with van der Waals surface area (Å²) in [7, 11) is 4.60. The number of carbonyl (C=O) groups is 4. The van der Waals surface area contributed by atoms with Crippen LogP contribution in [0.5, 0.6) is 23.0 Å². The molecular formula is C44H38ClFN2O8. The molecule has 2 aliphatic heterocycles. The van der Waals surface area contributed by atoms with Crippen molar-refractivity contribution in [2.24, 2.45) is 29.1 Å². The Morgan fingerprint density at radius 3 is 2.23 bits per heavy atom. The van der Waals surface area contributed by atoms with Crippen molar-refractivity contribution < 1.29 is 42.9 Å². The number of aromatic hydroxyl groups is 1. The fourth-order valence-corrected chi connectivity index (χ4v) is 9.49. The first kappa shape index (κ1) is 37.0. The van der Waals surface area contributed by atoms with Crippen LogP contribution in [0.15, 0.2) is 90.5 Å². The van der Waals surface area contributed by atoms with Gasteiger partial charge in [0, 0.05) is 17.0 Å². The molecule has 0 spiro atoms. The summed E-state index contributed by atoms with van der Waals surface area (Å²) in [6, 6.07) is 21.2. The molecule has 6 atom stereocenters. The Morgan fingerprint density at radius 2 is 1.54 bits per heavy atom. The van der Waals surface area contributed by atoms with E-state index in [9.17, 15) is 28.7 Å². The maximum atomic E-state index is 14.7. The average Bonchev–Trinajstić information content (AvgIpc) is 3.57. The number of halogens is 2. The van der Waals surface area contributed by atoms with E-state index in [4.69, 9.17) is 25.8 Å². The van der Waals surface area contributed by atoms with Crippen LogP contribution >= 0.6 is 11.6 Å². The number of hydrogen-bond donors (Lipinski definition) is 1. The van der Waals surface area contributed by atoms with Crippen LogP contribution < -0.4 is 24.0 Å². The number of amides is 4. The van der Waals surface area contributed by atoms with Crippen molar-refractivity contribution in [3.63, 3.8) is 0 Å². The molecule has 3 fully saturated rings. The number of benzene rings is 4. The topological polar surface area (TPSA) is 123 Å². The Balaban J connectivity index is 1.15. The molecule has 2 saturated heterocycles. The van der Waals surface area contributed by atoms with Crippen molar-refractivity contribution in [2.45, 2.75) is 25.7 Å². The molecule has 0 unspecified atom stereocenters. The van der Waals surface area contributed by atoms with E-state index in [2.05, 4.69) is 0 Å². The maximum Gasteiger partial charge on any atom is 0.241 e. The van der Waals surface area contributed by atoms with Gasteiger partial charge in [0.1, 0.15) is 17.3 Å². The Bertz CT molecular complexity index is 2380. The van der Waals surface area contributed by atoms with Gasteiger partial charge < -0.3 is 19.3 Å². The minimum Gasteiger partial charge on any atom is -0.504 e. The third kappa shape index (κ3) is 5.58. The molecule has 2 aliphatic carbocycles. The molecule has 1 saturated carbocycles. The number of imide groups is 2. The number of methoxy groups -OCH3 is 3. The third-order valence-electron chi connectivity index (χ3n) is 12.0. The third-order valence-corrected chi connectivity index (χ3v) is 12.3. The zero-order chi connectivity index (χ0) is 39.6. The van der Waals surface area contributed by atoms with Crippen LogP contribution in [0.2, 0.25) is 5.02 Å². The van der Waals surface area contributed by atoms with Crippen LogP contribution in [0.4, 0.5) is 15.8 Å². The molecule has 4 aromatic rings. The summed E-state index contributed by atoms with van der Waals surface area (Å²) < 4.78 is 30.5. The predicted molar refractivity (Wildman–Crippen MR) is 208 cm³/mol. The van der Waals surface area contributed by atoms with Gasteiger partial charge in [0.15, 0.2) is 11.5 Å². The molecule has 0 bridgehead atoms. The lowest BCUT2D eigenvalue weighted by Gasteiger charge is -2.49. The summed E-state index contributed by atoms with van der Waals surface area (Å²) in [4.78, 5) is 60.1. The van der Waals surface area contributed by atoms with Crippen molar-refractivity contribution >= 4 is 58.8 Å². The molecule has 56 heavy (non-hydrogen) atoms. The van der Waals surface area contributed by atoms with E-state index in [0.717, 1.165) is 22.1 Å². The van der Waals surface area contributed by atoms with Gasteiger partial charge in [-0.15, -0.1) is 0 Å². The molecule has 10 nitrogen and oxygen atoms in total. The van der Waals surface area contributed by atoms with Crippen molar-refractivity contribution in [2.75, 3.05) is 31.1 Å². The zero-order valence-corrected chi connectivity index (χ0v) is 31.7. The Hall–Kier alpha value is -5.94. The fourth-order valence-electron chi connectivity index (χ4n) is 9.31. The smallest absolute Gasteiger partial charge is 0.241 e. The molecular weight excluding hydrogens is 739 g/mol. The summed E-state index contributed by atoms with van der Waals surface area (Å²) in [5.74, 6) is -5.13. The Labute approximate surface area is 327 Å². The SMILES string of the molecule is COc1ccc(OC)c(C=Cc2ccc(N3C(=O)[C@H]4[C@H](CC=C5[C@H]4C[C@H]4C(=O)N(c6ccc(F)c(Cl)c6)C(=O)[C@@]4(C)[C@H]5c4cccc(OC)c4O)C3=O)cc2)c1. The molecule has 8 rings (SSSR count). The summed E-state index contributed by atoms with van der Waals surface area (Å²) in [6.45, 7) is 1.70. The summed E-state index contributed by atoms with van der Waals surface area (Å²) in [5, 5.41) is 11.3. The Kier molecular flexibility index (Phi) is 9.23. The molecule has 0 radical (unpaired) electrons. The summed E-state index contributed by atoms with van der Waals surface area (Å²) >= 11 is 6.11. The quantitative estimate of drug-likeness (QED) is 0.109. The van der Waals surface area contributed by atoms with Crippen molar-refractivity contribution in [3.05, 3.63) is 118 Å². The molecule has 1 N–H and O–H groups in total. The van der Waals surface area contributed by atoms with E-state index < -0.39 is 58.5 Å². The van der Waals surface area contributed by atoms with E-state index >= 15 is 0 Å². The molecule has 2 heterocycles. The van der Waals surface area contributed by atoms with E-state index in [1.807, 2.05) is 48.6 Å². The van der Waals surface area contributed by atoms with Gasteiger partial charge in [-0.2, -0.15) is 0 Å². The number of allylic oxidation sites excluding steroid dienone is 2. The number of para-hydroxylation sites is 1. The minimum atomic E-state index is -1.43. The first-order valence-corrected chi connectivity index (χ1v) is 18.6. The summed E-state index contributed by atoms with van der Waals surface area (Å²) in [5.41, 5.74) is 1.79. The van der Waals surface area contributed by atoms with Gasteiger partial charge in [0.25, 0.3) is 0 Å². The fraction of sp³-hybridized carbons (Fsp3) is 0.273. The van der Waals surface area contributed by atoms with Crippen LogP contribution in [0, 0.1) is 34.9 Å². The van der Waals surface area contributed by atoms with Crippen LogP contribution in [0.3, 0.4) is 0 Å². The normalized spacial score (nSPS) is 25.6. The highest BCUT2D eigenvalue weighted by molar-refractivity contribution is 6.32. The lowest BCUT2D eigenvalue weighted by atomic mass is 9.51. The Morgan fingerprint density at radius 1 is 0.804 bits per heavy atom. The molecule has 0 aromatic heterocycles. The van der Waals surface area contributed by atoms with Gasteiger partial charge in [0.05, 0.1) is 60.9 Å². The number of ether oxygens (including phenoxy) is 3. The van der Waals surface area contributed by atoms with Gasteiger partial charge in [-0.1, -0.05) is 59.7 Å². The van der Waals surface area contributed by atoms with E-state index in [1.165, 1.54) is 24.1 Å². The summed E-state index contributed by atoms with van der Waals surface area (Å²) in [6.07, 6.45) is 6.01. The van der Waals surface area contributed by atoms with Gasteiger partial charge in [-0.05, 0) is 85.8 Å². The molecule has 12 heteroatoms. The highest BCUT2D eigenvalue weighted by Crippen LogP contribution is 2.65. The molecule has 286 valence electrons. The predicted octanol–water partition coefficient (Wildman–Crippen LogP) is 7.82. The second kappa shape index (κ2) is 14.0. The van der Waals surface area contributed by atoms with Crippen LogP contribution in [0.25, 0.3) is 12.2 Å². The lowest BCUT2D eigenvalue weighted by Crippen LogP contribution is -2.48. The first-order valence-electron chi connectivity index (χ1n) is 18.2. The largest absolute Gasteiger partial charge is 0.504 e. The van der Waals surface area contributed by atoms with Crippen molar-refractivity contribution in [1.82, 2.24) is 0 Å². The number of phenols is 1. The number of rotatable bonds is 8. The van der Waals surface area contributed by atoms with Crippen LogP contribution in [-0.4, -0.2) is 50.1 Å². The zero-order valence-electron chi connectivity index (χ0n) is 31.0. The highest BCUT2D eigenvalue weighted by atomic mass is 35.5. The number of fused-ring (bicyclic) bond motifs is 4. The number of nitrogens with zero attached hydrogens (tertiary/aromatic N) is 2. The average molecular weight is 777 g/mol. The van der Waals surface area contributed by atoms with Crippen molar-refractivity contribution in [1.29, 1.82) is 0 Å². The maximum absolute atomic E-state index is 14.7. The molecule has 4 aromatic carbocycles. The first-order chi connectivity index (χ1) is 26.9. The number of phenolic OH excluding ortho intramolecular Hbond substituents is 1. The van der Waals surface area contributed by atoms with E-state index in [1.54, 1.807) is 51.5 Å². The number of carbonyl (C=O) groups excluding carboxylic acids is 4.